The molecule has 11 heavy (non-hydrogen) atoms. The second-order valence-corrected chi connectivity index (χ2v) is 3.36. The third-order valence-corrected chi connectivity index (χ3v) is 2.57. The molecule has 2 rings (SSSR count). The molecule has 0 unspecified atom stereocenters. The molecule has 2 heteroatoms. The molecule has 0 aromatic heterocycles. The molecule has 0 spiro atoms. The predicted molar refractivity (Wildman–Crippen MR) is 48.3 cm³/mol. The van der Waals surface area contributed by atoms with Crippen LogP contribution >= 0.6 is 11.8 Å². The van der Waals surface area contributed by atoms with Gasteiger partial charge in [0, 0.05) is 17.6 Å². The van der Waals surface area contributed by atoms with Crippen molar-refractivity contribution in [3.63, 3.8) is 0 Å². The first-order valence-electron chi connectivity index (χ1n) is 3.60. The highest BCUT2D eigenvalue weighted by molar-refractivity contribution is 8.02. The van der Waals surface area contributed by atoms with Gasteiger partial charge in [-0.15, -0.1) is 0 Å². The Hall–Kier alpha value is -0.890. The summed E-state index contributed by atoms with van der Waals surface area (Å²) in [7, 11) is 0. The van der Waals surface area contributed by atoms with E-state index in [0.29, 0.717) is 0 Å². The molecule has 0 saturated carbocycles. The van der Waals surface area contributed by atoms with Crippen LogP contribution in [0, 0.1) is 0 Å². The van der Waals surface area contributed by atoms with Crippen LogP contribution in [0.3, 0.4) is 0 Å². The number of nitrogens with one attached hydrogen (secondary N) is 1. The van der Waals surface area contributed by atoms with Gasteiger partial charge in [0.05, 0.1) is 0 Å². The second-order valence-electron chi connectivity index (χ2n) is 2.41. The first-order chi connectivity index (χ1) is 5.47. The van der Waals surface area contributed by atoms with E-state index in [1.807, 2.05) is 6.20 Å². The summed E-state index contributed by atoms with van der Waals surface area (Å²) in [6.45, 7) is 0.944. The van der Waals surface area contributed by atoms with Crippen LogP contribution in [-0.2, 0) is 6.54 Å². The van der Waals surface area contributed by atoms with Gasteiger partial charge in [-0.25, -0.2) is 0 Å². The Bertz CT molecular complexity index is 281. The van der Waals surface area contributed by atoms with Crippen LogP contribution in [0.2, 0.25) is 0 Å². The molecule has 1 nitrogen and oxygen atoms in total. The Morgan fingerprint density at radius 3 is 3.18 bits per heavy atom. The van der Waals surface area contributed by atoms with Crippen LogP contribution in [0.15, 0.2) is 40.8 Å². The van der Waals surface area contributed by atoms with Crippen molar-refractivity contribution in [1.29, 1.82) is 0 Å². The predicted octanol–water partition coefficient (Wildman–Crippen LogP) is 2.35. The average molecular weight is 163 g/mol. The minimum atomic E-state index is 0.944. The molecule has 1 aromatic rings. The van der Waals surface area contributed by atoms with E-state index >= 15 is 0 Å². The molecule has 0 atom stereocenters. The minimum Gasteiger partial charge on any atom is -0.386 e. The summed E-state index contributed by atoms with van der Waals surface area (Å²) in [5.41, 5.74) is 1.38. The van der Waals surface area contributed by atoms with E-state index in [1.165, 1.54) is 10.5 Å². The topological polar surface area (TPSA) is 12.0 Å². The quantitative estimate of drug-likeness (QED) is 0.630. The minimum absolute atomic E-state index is 0.944. The Morgan fingerprint density at radius 2 is 2.18 bits per heavy atom. The van der Waals surface area contributed by atoms with Gasteiger partial charge in [-0.1, -0.05) is 30.0 Å². The molecule has 0 radical (unpaired) electrons. The van der Waals surface area contributed by atoms with Gasteiger partial charge < -0.3 is 5.32 Å². The maximum Gasteiger partial charge on any atom is 0.0406 e. The Labute approximate surface area is 70.5 Å². The van der Waals surface area contributed by atoms with Gasteiger partial charge >= 0.3 is 0 Å². The van der Waals surface area contributed by atoms with E-state index in [4.69, 9.17) is 0 Å². The Balaban J connectivity index is 2.40. The molecule has 1 aliphatic heterocycles. The zero-order valence-corrected chi connectivity index (χ0v) is 6.90. The lowest BCUT2D eigenvalue weighted by Crippen LogP contribution is -2.02. The molecule has 1 N–H and O–H groups in total. The lowest BCUT2D eigenvalue weighted by molar-refractivity contribution is 0.857. The standard InChI is InChI=1S/C9H9NS/c1-2-4-9-8(3-1)7-10-5-6-11-9/h1-6,10H,7H2. The summed E-state index contributed by atoms with van der Waals surface area (Å²) in [5.74, 6) is 0. The van der Waals surface area contributed by atoms with Crippen molar-refractivity contribution in [1.82, 2.24) is 5.32 Å². The first kappa shape index (κ1) is 6.80. The van der Waals surface area contributed by atoms with Crippen molar-refractivity contribution in [3.8, 4) is 0 Å². The molecule has 0 aliphatic carbocycles. The molecule has 0 saturated heterocycles. The molecule has 1 aliphatic rings. The molecule has 1 aromatic carbocycles. The van der Waals surface area contributed by atoms with Gasteiger partial charge in [0.15, 0.2) is 0 Å². The highest BCUT2D eigenvalue weighted by atomic mass is 32.2. The third kappa shape index (κ3) is 1.40. The van der Waals surface area contributed by atoms with Gasteiger partial charge in [-0.3, -0.25) is 0 Å². The number of benzene rings is 1. The largest absolute Gasteiger partial charge is 0.386 e. The van der Waals surface area contributed by atoms with Crippen molar-refractivity contribution >= 4 is 11.8 Å². The number of thioether (sulfide) groups is 1. The normalized spacial score (nSPS) is 14.9. The monoisotopic (exact) mass is 163 g/mol. The summed E-state index contributed by atoms with van der Waals surface area (Å²) in [6, 6.07) is 8.46. The number of hydrogen-bond donors (Lipinski definition) is 1. The van der Waals surface area contributed by atoms with E-state index in [2.05, 4.69) is 35.0 Å². The third-order valence-electron chi connectivity index (χ3n) is 1.65. The van der Waals surface area contributed by atoms with Crippen molar-refractivity contribution < 1.29 is 0 Å². The van der Waals surface area contributed by atoms with E-state index in [-0.39, 0.29) is 0 Å². The molecular weight excluding hydrogens is 154 g/mol. The average Bonchev–Trinajstić information content (AvgIpc) is 2.28. The Morgan fingerprint density at radius 1 is 1.27 bits per heavy atom. The summed E-state index contributed by atoms with van der Waals surface area (Å²) in [5, 5.41) is 5.28. The number of rotatable bonds is 0. The zero-order valence-electron chi connectivity index (χ0n) is 6.08. The van der Waals surface area contributed by atoms with Crippen molar-refractivity contribution in [2.75, 3.05) is 0 Å². The molecular formula is C9H9NS. The van der Waals surface area contributed by atoms with Crippen molar-refractivity contribution in [2.24, 2.45) is 0 Å². The fourth-order valence-electron chi connectivity index (χ4n) is 1.09. The summed E-state index contributed by atoms with van der Waals surface area (Å²) >= 11 is 1.77. The van der Waals surface area contributed by atoms with Crippen molar-refractivity contribution in [3.05, 3.63) is 41.4 Å². The fourth-order valence-corrected chi connectivity index (χ4v) is 1.85. The van der Waals surface area contributed by atoms with Gasteiger partial charge in [0.1, 0.15) is 0 Å². The van der Waals surface area contributed by atoms with Crippen LogP contribution in [0.4, 0.5) is 0 Å². The lowest BCUT2D eigenvalue weighted by atomic mass is 10.2. The van der Waals surface area contributed by atoms with Gasteiger partial charge in [-0.2, -0.15) is 0 Å². The van der Waals surface area contributed by atoms with E-state index in [9.17, 15) is 0 Å². The highest BCUT2D eigenvalue weighted by Crippen LogP contribution is 2.24. The van der Waals surface area contributed by atoms with Crippen LogP contribution < -0.4 is 5.32 Å². The molecule has 56 valence electrons. The van der Waals surface area contributed by atoms with Crippen LogP contribution in [0.25, 0.3) is 0 Å². The summed E-state index contributed by atoms with van der Waals surface area (Å²) < 4.78 is 0. The molecule has 0 bridgehead atoms. The summed E-state index contributed by atoms with van der Waals surface area (Å²) in [6.07, 6.45) is 1.99. The maximum absolute atomic E-state index is 3.20. The Kier molecular flexibility index (Phi) is 1.86. The fraction of sp³-hybridized carbons (Fsp3) is 0.111. The number of hydrogen-bond acceptors (Lipinski definition) is 2. The summed E-state index contributed by atoms with van der Waals surface area (Å²) in [4.78, 5) is 1.36. The smallest absolute Gasteiger partial charge is 0.0406 e. The SMILES string of the molecule is C1=CSc2ccccc2CN1. The van der Waals surface area contributed by atoms with E-state index in [0.717, 1.165) is 6.54 Å². The first-order valence-corrected chi connectivity index (χ1v) is 4.48. The zero-order chi connectivity index (χ0) is 7.52. The van der Waals surface area contributed by atoms with Crippen molar-refractivity contribution in [2.45, 2.75) is 11.4 Å². The number of fused-ring (bicyclic) bond motifs is 1. The van der Waals surface area contributed by atoms with Crippen LogP contribution in [-0.4, -0.2) is 0 Å². The van der Waals surface area contributed by atoms with Gasteiger partial charge in [0.2, 0.25) is 0 Å². The molecule has 0 fully saturated rings. The van der Waals surface area contributed by atoms with Gasteiger partial charge in [-0.05, 0) is 17.0 Å². The van der Waals surface area contributed by atoms with Crippen LogP contribution in [0.5, 0.6) is 0 Å². The van der Waals surface area contributed by atoms with E-state index in [1.54, 1.807) is 11.8 Å². The van der Waals surface area contributed by atoms with E-state index < -0.39 is 0 Å². The molecule has 1 heterocycles. The van der Waals surface area contributed by atoms with Gasteiger partial charge in [0.25, 0.3) is 0 Å². The maximum atomic E-state index is 3.20. The van der Waals surface area contributed by atoms with Crippen LogP contribution in [0.1, 0.15) is 5.56 Å². The highest BCUT2D eigenvalue weighted by Gasteiger charge is 2.01. The lowest BCUT2D eigenvalue weighted by Gasteiger charge is -2.02. The second kappa shape index (κ2) is 3.01. The molecule has 0 amide bonds.